The Hall–Kier alpha value is -2.38. The number of carbonyl (C=O) groups excluding carboxylic acids is 2. The molecular formula is C69H127NO10. The highest BCUT2D eigenvalue weighted by Gasteiger charge is 2.44. The van der Waals surface area contributed by atoms with E-state index in [9.17, 15) is 35.1 Å². The predicted octanol–water partition coefficient (Wildman–Crippen LogP) is 16.8. The summed E-state index contributed by atoms with van der Waals surface area (Å²) in [6, 6.07) is -0.834. The molecule has 0 saturated carbocycles. The molecule has 0 aromatic heterocycles. The van der Waals surface area contributed by atoms with Gasteiger partial charge in [-0.3, -0.25) is 9.59 Å². The van der Waals surface area contributed by atoms with Crippen molar-refractivity contribution in [2.45, 2.75) is 358 Å². The standard InChI is InChI=1S/C69H127NO10/c1-3-5-7-9-11-13-14-15-30-34-37-41-45-49-53-57-65(74)78-58-54-50-46-42-38-35-32-29-27-25-23-21-19-17-16-18-20-22-24-26-28-31-33-36-40-44-48-52-56-64(73)70-61(62(72)55-51-47-43-39-12-10-8-6-4-2)60-79-69-68(77)67(76)66(75)63(59-71)80-69/h4,6,12,16-17,39,51,55,61-63,66-69,71-72,75-77H,3,5,7-11,13-15,18-38,40-50,52-54,56-60H2,1-2H3,(H,70,73)/b6-4+,17-16-,39-12+,55-51+. The first-order valence-corrected chi connectivity index (χ1v) is 33.9. The number of allylic oxidation sites excluding steroid dienone is 7. The van der Waals surface area contributed by atoms with E-state index in [1.807, 2.05) is 19.1 Å². The molecule has 11 nitrogen and oxygen atoms in total. The van der Waals surface area contributed by atoms with Crippen LogP contribution in [0.1, 0.15) is 316 Å². The first-order valence-electron chi connectivity index (χ1n) is 33.9. The number of unbranched alkanes of at least 4 members (excludes halogenated alkanes) is 40. The summed E-state index contributed by atoms with van der Waals surface area (Å²) in [5, 5.41) is 54.2. The van der Waals surface area contributed by atoms with E-state index in [1.54, 1.807) is 6.08 Å². The second kappa shape index (κ2) is 58.4. The lowest BCUT2D eigenvalue weighted by molar-refractivity contribution is -0.302. The molecule has 1 aliphatic heterocycles. The van der Waals surface area contributed by atoms with Crippen LogP contribution in [0.25, 0.3) is 0 Å². The summed E-state index contributed by atoms with van der Waals surface area (Å²) in [4.78, 5) is 25.1. The minimum Gasteiger partial charge on any atom is -0.466 e. The molecule has 6 N–H and O–H groups in total. The molecule has 0 radical (unpaired) electrons. The van der Waals surface area contributed by atoms with Crippen molar-refractivity contribution in [2.24, 2.45) is 0 Å². The van der Waals surface area contributed by atoms with Crippen LogP contribution >= 0.6 is 0 Å². The van der Waals surface area contributed by atoms with Crippen LogP contribution < -0.4 is 5.32 Å². The molecule has 1 aliphatic rings. The Balaban J connectivity index is 1.93. The van der Waals surface area contributed by atoms with Gasteiger partial charge in [-0.2, -0.15) is 0 Å². The molecule has 1 fully saturated rings. The molecule has 11 heteroatoms. The monoisotopic (exact) mass is 1130 g/mol. The van der Waals surface area contributed by atoms with Crippen molar-refractivity contribution in [1.29, 1.82) is 0 Å². The van der Waals surface area contributed by atoms with Gasteiger partial charge in [-0.1, -0.05) is 274 Å². The third-order valence-corrected chi connectivity index (χ3v) is 16.0. The number of aliphatic hydroxyl groups is 5. The lowest BCUT2D eigenvalue weighted by Gasteiger charge is -2.40. The van der Waals surface area contributed by atoms with Crippen molar-refractivity contribution in [3.63, 3.8) is 0 Å². The highest BCUT2D eigenvalue weighted by Crippen LogP contribution is 2.23. The third-order valence-electron chi connectivity index (χ3n) is 16.0. The number of carbonyl (C=O) groups is 2. The Morgan fingerprint density at radius 2 is 0.863 bits per heavy atom. The van der Waals surface area contributed by atoms with Crippen LogP contribution in [0.2, 0.25) is 0 Å². The minimum absolute atomic E-state index is 0.00899. The van der Waals surface area contributed by atoms with Crippen LogP contribution in [0.5, 0.6) is 0 Å². The molecule has 0 aliphatic carbocycles. The lowest BCUT2D eigenvalue weighted by atomic mass is 9.99. The van der Waals surface area contributed by atoms with Gasteiger partial charge in [0.15, 0.2) is 6.29 Å². The fraction of sp³-hybridized carbons (Fsp3) is 0.855. The number of amides is 1. The zero-order valence-corrected chi connectivity index (χ0v) is 51.8. The maximum atomic E-state index is 13.0. The normalized spacial score (nSPS) is 18.6. The van der Waals surface area contributed by atoms with Gasteiger partial charge in [0.25, 0.3) is 0 Å². The predicted molar refractivity (Wildman–Crippen MR) is 334 cm³/mol. The Morgan fingerprint density at radius 1 is 0.475 bits per heavy atom. The van der Waals surface area contributed by atoms with E-state index in [0.717, 1.165) is 64.2 Å². The molecule has 1 amide bonds. The fourth-order valence-corrected chi connectivity index (χ4v) is 10.6. The van der Waals surface area contributed by atoms with Crippen molar-refractivity contribution in [3.8, 4) is 0 Å². The van der Waals surface area contributed by atoms with E-state index in [-0.39, 0.29) is 18.5 Å². The number of esters is 1. The zero-order chi connectivity index (χ0) is 58.0. The molecule has 0 bridgehead atoms. The zero-order valence-electron chi connectivity index (χ0n) is 51.8. The van der Waals surface area contributed by atoms with E-state index in [4.69, 9.17) is 14.2 Å². The summed E-state index contributed by atoms with van der Waals surface area (Å²) >= 11 is 0. The van der Waals surface area contributed by atoms with Gasteiger partial charge in [0.1, 0.15) is 24.4 Å². The van der Waals surface area contributed by atoms with Gasteiger partial charge in [0, 0.05) is 12.8 Å². The summed E-state index contributed by atoms with van der Waals surface area (Å²) in [6.07, 6.45) is 65.6. The second-order valence-electron chi connectivity index (χ2n) is 23.5. The van der Waals surface area contributed by atoms with E-state index in [2.05, 4.69) is 42.6 Å². The molecule has 0 aromatic carbocycles. The van der Waals surface area contributed by atoms with Crippen LogP contribution in [0, 0.1) is 0 Å². The number of aliphatic hydroxyl groups excluding tert-OH is 5. The molecule has 1 heterocycles. The number of rotatable bonds is 59. The van der Waals surface area contributed by atoms with Gasteiger partial charge >= 0.3 is 5.97 Å². The molecular weight excluding hydrogens is 1000 g/mol. The average Bonchev–Trinajstić information content (AvgIpc) is 3.45. The van der Waals surface area contributed by atoms with Crippen LogP contribution in [-0.4, -0.2) is 100 Å². The summed E-state index contributed by atoms with van der Waals surface area (Å²) in [6.45, 7) is 4.11. The topological polar surface area (TPSA) is 175 Å². The maximum absolute atomic E-state index is 13.0. The van der Waals surface area contributed by atoms with E-state index >= 15 is 0 Å². The van der Waals surface area contributed by atoms with Crippen LogP contribution in [0.15, 0.2) is 48.6 Å². The van der Waals surface area contributed by atoms with Gasteiger partial charge in [-0.25, -0.2) is 0 Å². The van der Waals surface area contributed by atoms with Crippen molar-refractivity contribution in [1.82, 2.24) is 5.32 Å². The summed E-state index contributed by atoms with van der Waals surface area (Å²) in [5.41, 5.74) is 0. The second-order valence-corrected chi connectivity index (χ2v) is 23.5. The third kappa shape index (κ3) is 47.0. The van der Waals surface area contributed by atoms with Gasteiger partial charge in [-0.15, -0.1) is 0 Å². The minimum atomic E-state index is -1.58. The first-order chi connectivity index (χ1) is 39.2. The molecule has 468 valence electrons. The van der Waals surface area contributed by atoms with E-state index in [0.29, 0.717) is 19.4 Å². The molecule has 0 spiro atoms. The molecule has 0 aromatic rings. The SMILES string of the molecule is C/C=C/CC/C=C/CC/C=C/C(O)C(COC1OC(CO)C(O)C(O)C1O)NC(=O)CCCCCCCCCCCCCC/C=C\CCCCCCCCCCCCCCOC(=O)CCCCCCCCCCCCCCCCC. The fourth-order valence-electron chi connectivity index (χ4n) is 10.6. The van der Waals surface area contributed by atoms with E-state index < -0.39 is 49.5 Å². The lowest BCUT2D eigenvalue weighted by Crippen LogP contribution is -2.60. The van der Waals surface area contributed by atoms with Gasteiger partial charge in [0.05, 0.1) is 32.0 Å². The summed E-state index contributed by atoms with van der Waals surface area (Å²) in [5.74, 6) is -0.190. The number of ether oxygens (including phenoxy) is 3. The molecule has 7 atom stereocenters. The Morgan fingerprint density at radius 3 is 1.31 bits per heavy atom. The van der Waals surface area contributed by atoms with Gasteiger partial charge in [-0.05, 0) is 77.6 Å². The van der Waals surface area contributed by atoms with Gasteiger partial charge in [0.2, 0.25) is 5.91 Å². The van der Waals surface area contributed by atoms with Crippen LogP contribution in [0.4, 0.5) is 0 Å². The van der Waals surface area contributed by atoms with Crippen LogP contribution in [0.3, 0.4) is 0 Å². The highest BCUT2D eigenvalue weighted by atomic mass is 16.7. The summed E-state index contributed by atoms with van der Waals surface area (Å²) < 4.78 is 16.7. The smallest absolute Gasteiger partial charge is 0.305 e. The molecule has 7 unspecified atom stereocenters. The Labute approximate surface area is 491 Å². The highest BCUT2D eigenvalue weighted by molar-refractivity contribution is 5.76. The number of hydrogen-bond donors (Lipinski definition) is 6. The van der Waals surface area contributed by atoms with Crippen molar-refractivity contribution in [3.05, 3.63) is 48.6 Å². The van der Waals surface area contributed by atoms with Crippen molar-refractivity contribution in [2.75, 3.05) is 19.8 Å². The van der Waals surface area contributed by atoms with Crippen LogP contribution in [-0.2, 0) is 23.8 Å². The maximum Gasteiger partial charge on any atom is 0.305 e. The summed E-state index contributed by atoms with van der Waals surface area (Å²) in [7, 11) is 0. The van der Waals surface area contributed by atoms with Crippen molar-refractivity contribution < 1.29 is 49.3 Å². The number of nitrogens with one attached hydrogen (secondary N) is 1. The molecule has 1 saturated heterocycles. The Kier molecular flexibility index (Phi) is 55.2. The van der Waals surface area contributed by atoms with Gasteiger partial charge < -0.3 is 45.1 Å². The average molecular weight is 1130 g/mol. The van der Waals surface area contributed by atoms with Crippen molar-refractivity contribution >= 4 is 11.9 Å². The molecule has 80 heavy (non-hydrogen) atoms. The Bertz CT molecular complexity index is 1470. The number of hydrogen-bond acceptors (Lipinski definition) is 10. The first kappa shape index (κ1) is 75.6. The molecule has 1 rings (SSSR count). The quantitative estimate of drug-likeness (QED) is 0.0195. The largest absolute Gasteiger partial charge is 0.466 e. The van der Waals surface area contributed by atoms with E-state index in [1.165, 1.54) is 225 Å².